The Morgan fingerprint density at radius 1 is 1.12 bits per heavy atom. The van der Waals surface area contributed by atoms with Crippen LogP contribution in [-0.2, 0) is 6.54 Å². The third kappa shape index (κ3) is 5.29. The fraction of sp³-hybridized carbons (Fsp3) is 0.375. The number of carbonyl (C=O) groups is 1. The van der Waals surface area contributed by atoms with Crippen LogP contribution in [-0.4, -0.2) is 48.0 Å². The van der Waals surface area contributed by atoms with Gasteiger partial charge in [0.2, 0.25) is 0 Å². The average molecular weight is 469 g/mol. The first-order valence-electron chi connectivity index (χ1n) is 10.9. The molecule has 0 radical (unpaired) electrons. The molecule has 3 aromatic rings. The highest BCUT2D eigenvalue weighted by molar-refractivity contribution is 8.03. The average Bonchev–Trinajstić information content (AvgIpc) is 3.12. The van der Waals surface area contributed by atoms with Crippen LogP contribution in [0.5, 0.6) is 0 Å². The number of Topliss-reactive ketones (excluding diaryl/α,β-unsaturated/α-hetero) is 1. The van der Waals surface area contributed by atoms with E-state index >= 15 is 0 Å². The maximum absolute atomic E-state index is 13.5. The van der Waals surface area contributed by atoms with Crippen LogP contribution in [0.3, 0.4) is 0 Å². The van der Waals surface area contributed by atoms with Gasteiger partial charge in [0.1, 0.15) is 11.2 Å². The van der Waals surface area contributed by atoms with Crippen molar-refractivity contribution in [3.8, 4) is 5.40 Å². The van der Waals surface area contributed by atoms with Gasteiger partial charge >= 0.3 is 5.76 Å². The lowest BCUT2D eigenvalue weighted by Crippen LogP contribution is -2.46. The number of unbranched alkanes of at least 4 members (excludes halogenated alkanes) is 1. The van der Waals surface area contributed by atoms with Crippen LogP contribution in [0.15, 0.2) is 50.5 Å². The zero-order valence-electron chi connectivity index (χ0n) is 18.4. The molecule has 7 nitrogen and oxygen atoms in total. The topological polar surface area (TPSA) is 82.5 Å². The number of nitriles is 1. The van der Waals surface area contributed by atoms with Gasteiger partial charge in [0.15, 0.2) is 11.4 Å². The summed E-state index contributed by atoms with van der Waals surface area (Å²) < 4.78 is 20.5. The summed E-state index contributed by atoms with van der Waals surface area (Å²) >= 11 is 0.988. The molecule has 0 amide bonds. The Balaban J connectivity index is 1.28. The lowest BCUT2D eigenvalue weighted by Gasteiger charge is -2.36. The van der Waals surface area contributed by atoms with Crippen molar-refractivity contribution in [2.45, 2.75) is 31.2 Å². The van der Waals surface area contributed by atoms with E-state index in [9.17, 15) is 14.0 Å². The number of thiocyanates is 1. The molecule has 0 spiro atoms. The summed E-state index contributed by atoms with van der Waals surface area (Å²) in [6.07, 6.45) is 1.78. The predicted molar refractivity (Wildman–Crippen MR) is 126 cm³/mol. The Labute approximate surface area is 195 Å². The van der Waals surface area contributed by atoms with Gasteiger partial charge in [-0.2, -0.15) is 5.26 Å². The second-order valence-corrected chi connectivity index (χ2v) is 8.93. The summed E-state index contributed by atoms with van der Waals surface area (Å²) in [5.41, 5.74) is 2.59. The van der Waals surface area contributed by atoms with Crippen LogP contribution in [0.25, 0.3) is 11.1 Å². The first-order chi connectivity index (χ1) is 16.0. The molecule has 9 heteroatoms. The molecule has 0 N–H and O–H groups in total. The minimum Gasteiger partial charge on any atom is -0.408 e. The highest BCUT2D eigenvalue weighted by atomic mass is 32.2. The van der Waals surface area contributed by atoms with E-state index in [-0.39, 0.29) is 11.6 Å². The standard InChI is InChI=1S/C24H25FN4O3S/c1-17(30)18-4-6-20-22(14-18)32-24(31)29(20)9-3-2-8-27-10-12-28(13-11-27)21-7-5-19(25)15-23(21)33-16-26/h4-7,14-15H,2-3,8-13H2,1H3. The predicted octanol–water partition coefficient (Wildman–Crippen LogP) is 4.11. The van der Waals surface area contributed by atoms with Crippen LogP contribution < -0.4 is 10.7 Å². The number of anilines is 1. The number of aromatic nitrogens is 1. The van der Waals surface area contributed by atoms with Crippen LogP contribution in [0.2, 0.25) is 0 Å². The molecule has 0 bridgehead atoms. The van der Waals surface area contributed by atoms with Crippen molar-refractivity contribution in [2.24, 2.45) is 0 Å². The Morgan fingerprint density at radius 3 is 2.61 bits per heavy atom. The van der Waals surface area contributed by atoms with Crippen molar-refractivity contribution in [1.82, 2.24) is 9.47 Å². The number of oxazole rings is 1. The van der Waals surface area contributed by atoms with Gasteiger partial charge < -0.3 is 9.32 Å². The van der Waals surface area contributed by atoms with Crippen molar-refractivity contribution in [1.29, 1.82) is 5.26 Å². The fourth-order valence-electron chi connectivity index (χ4n) is 4.19. The number of nitrogens with zero attached hydrogens (tertiary/aromatic N) is 4. The highest BCUT2D eigenvalue weighted by Crippen LogP contribution is 2.31. The second kappa shape index (κ2) is 10.2. The monoisotopic (exact) mass is 468 g/mol. The van der Waals surface area contributed by atoms with Gasteiger partial charge in [0.25, 0.3) is 0 Å². The number of halogens is 1. The maximum atomic E-state index is 13.5. The Kier molecular flexibility index (Phi) is 7.16. The molecule has 1 aliphatic rings. The molecule has 1 aromatic heterocycles. The number of benzene rings is 2. The Morgan fingerprint density at radius 2 is 1.88 bits per heavy atom. The molecule has 0 unspecified atom stereocenters. The number of thioether (sulfide) groups is 1. The summed E-state index contributed by atoms with van der Waals surface area (Å²) in [6, 6.07) is 9.71. The van der Waals surface area contributed by atoms with Crippen LogP contribution in [0.1, 0.15) is 30.1 Å². The van der Waals surface area contributed by atoms with E-state index in [4.69, 9.17) is 9.68 Å². The van der Waals surface area contributed by atoms with Crippen molar-refractivity contribution in [3.05, 3.63) is 58.3 Å². The van der Waals surface area contributed by atoms with Gasteiger partial charge in [-0.1, -0.05) is 0 Å². The molecule has 4 rings (SSSR count). The van der Waals surface area contributed by atoms with Gasteiger partial charge in [-0.25, -0.2) is 9.18 Å². The van der Waals surface area contributed by atoms with Gasteiger partial charge in [0, 0.05) is 43.2 Å². The molecule has 1 fully saturated rings. The number of fused-ring (bicyclic) bond motifs is 1. The molecule has 0 atom stereocenters. The summed E-state index contributed by atoms with van der Waals surface area (Å²) in [6.45, 7) is 6.38. The summed E-state index contributed by atoms with van der Waals surface area (Å²) in [4.78, 5) is 29.0. The van der Waals surface area contributed by atoms with E-state index in [0.717, 1.165) is 63.0 Å². The third-order valence-corrected chi connectivity index (χ3v) is 6.61. The fourth-order valence-corrected chi connectivity index (χ4v) is 4.77. The smallest absolute Gasteiger partial charge is 0.408 e. The zero-order valence-corrected chi connectivity index (χ0v) is 19.2. The van der Waals surface area contributed by atoms with Crippen molar-refractivity contribution in [3.63, 3.8) is 0 Å². The molecule has 0 saturated carbocycles. The van der Waals surface area contributed by atoms with E-state index < -0.39 is 5.76 Å². The number of piperazine rings is 1. The maximum Gasteiger partial charge on any atom is 0.419 e. The molecule has 1 aliphatic heterocycles. The van der Waals surface area contributed by atoms with Crippen LogP contribution >= 0.6 is 11.8 Å². The number of hydrogen-bond acceptors (Lipinski definition) is 7. The molecular formula is C24H25FN4O3S. The van der Waals surface area contributed by atoms with E-state index in [1.807, 2.05) is 5.40 Å². The van der Waals surface area contributed by atoms with Gasteiger partial charge in [0.05, 0.1) is 11.2 Å². The van der Waals surface area contributed by atoms with E-state index in [2.05, 4.69) is 9.80 Å². The minimum absolute atomic E-state index is 0.0631. The van der Waals surface area contributed by atoms with Gasteiger partial charge in [-0.3, -0.25) is 14.3 Å². The number of aryl methyl sites for hydroxylation is 1. The van der Waals surface area contributed by atoms with E-state index in [0.29, 0.717) is 28.1 Å². The lowest BCUT2D eigenvalue weighted by molar-refractivity contribution is 0.101. The van der Waals surface area contributed by atoms with Crippen molar-refractivity contribution >= 4 is 34.3 Å². The zero-order chi connectivity index (χ0) is 23.4. The molecule has 2 aromatic carbocycles. The molecule has 1 saturated heterocycles. The van der Waals surface area contributed by atoms with E-state index in [1.54, 1.807) is 28.8 Å². The molecule has 33 heavy (non-hydrogen) atoms. The first kappa shape index (κ1) is 23.1. The van der Waals surface area contributed by atoms with Gasteiger partial charge in [-0.15, -0.1) is 0 Å². The van der Waals surface area contributed by atoms with Crippen molar-refractivity contribution < 1.29 is 13.6 Å². The molecular weight excluding hydrogens is 443 g/mol. The molecule has 172 valence electrons. The minimum atomic E-state index is -0.398. The molecule has 2 heterocycles. The normalized spacial score (nSPS) is 14.5. The number of carbonyl (C=O) groups excluding carboxylic acids is 1. The van der Waals surface area contributed by atoms with Crippen molar-refractivity contribution in [2.75, 3.05) is 37.6 Å². The summed E-state index contributed by atoms with van der Waals surface area (Å²) in [7, 11) is 0. The largest absolute Gasteiger partial charge is 0.419 e. The summed E-state index contributed by atoms with van der Waals surface area (Å²) in [5, 5.41) is 11.0. The summed E-state index contributed by atoms with van der Waals surface area (Å²) in [5.74, 6) is -0.796. The van der Waals surface area contributed by atoms with Gasteiger partial charge in [-0.05, 0) is 74.5 Å². The SMILES string of the molecule is CC(=O)c1ccc2c(c1)oc(=O)n2CCCCN1CCN(c2ccc(F)cc2SC#N)CC1. The number of rotatable bonds is 8. The number of ketones is 1. The first-order valence-corrected chi connectivity index (χ1v) is 11.7. The third-order valence-electron chi connectivity index (χ3n) is 5.97. The van der Waals surface area contributed by atoms with Crippen LogP contribution in [0.4, 0.5) is 10.1 Å². The van der Waals surface area contributed by atoms with E-state index in [1.165, 1.54) is 19.1 Å². The lowest BCUT2D eigenvalue weighted by atomic mass is 10.1. The Hall–Kier alpha value is -3.09. The number of hydrogen-bond donors (Lipinski definition) is 0. The molecule has 0 aliphatic carbocycles. The Bertz CT molecular complexity index is 1250. The second-order valence-electron chi connectivity index (χ2n) is 8.10. The van der Waals surface area contributed by atoms with Crippen LogP contribution in [0, 0.1) is 16.5 Å². The highest BCUT2D eigenvalue weighted by Gasteiger charge is 2.20. The quantitative estimate of drug-likeness (QED) is 0.213.